The van der Waals surface area contributed by atoms with E-state index in [1.54, 1.807) is 0 Å². The molecule has 0 aromatic heterocycles. The Bertz CT molecular complexity index is 216. The van der Waals surface area contributed by atoms with Crippen LogP contribution < -0.4 is 0 Å². The molecule has 0 aliphatic carbocycles. The quantitative estimate of drug-likeness (QED) is 0.676. The van der Waals surface area contributed by atoms with Gasteiger partial charge in [0, 0.05) is 12.6 Å². The van der Waals surface area contributed by atoms with Crippen LogP contribution in [0.15, 0.2) is 0 Å². The molecule has 3 nitrogen and oxygen atoms in total. The highest BCUT2D eigenvalue weighted by molar-refractivity contribution is 5.72. The Hall–Kier alpha value is -0.570. The summed E-state index contributed by atoms with van der Waals surface area (Å²) in [6.07, 6.45) is 6.39. The third-order valence-corrected chi connectivity index (χ3v) is 3.48. The minimum atomic E-state index is -0.0826. The molecule has 2 unspecified atom stereocenters. The molecule has 1 aliphatic rings. The summed E-state index contributed by atoms with van der Waals surface area (Å²) in [5.41, 5.74) is 0. The zero-order chi connectivity index (χ0) is 12.0. The van der Waals surface area contributed by atoms with E-state index in [0.717, 1.165) is 13.1 Å². The van der Waals surface area contributed by atoms with Gasteiger partial charge in [0.1, 0.15) is 0 Å². The van der Waals surface area contributed by atoms with Crippen molar-refractivity contribution in [2.24, 2.45) is 5.92 Å². The summed E-state index contributed by atoms with van der Waals surface area (Å²) >= 11 is 0. The Morgan fingerprint density at radius 1 is 1.50 bits per heavy atom. The van der Waals surface area contributed by atoms with Crippen LogP contribution in [0, 0.1) is 5.92 Å². The average molecular weight is 227 g/mol. The smallest absolute Gasteiger partial charge is 0.309 e. The lowest BCUT2D eigenvalue weighted by atomic mass is 9.97. The molecule has 1 aliphatic heterocycles. The largest absolute Gasteiger partial charge is 0.469 e. The number of piperidine rings is 1. The van der Waals surface area contributed by atoms with Crippen molar-refractivity contribution in [1.82, 2.24) is 4.90 Å². The van der Waals surface area contributed by atoms with Crippen LogP contribution in [0.1, 0.15) is 46.0 Å². The van der Waals surface area contributed by atoms with Crippen LogP contribution in [-0.4, -0.2) is 37.1 Å². The predicted molar refractivity (Wildman–Crippen MR) is 65.3 cm³/mol. The second-order valence-corrected chi connectivity index (χ2v) is 4.86. The summed E-state index contributed by atoms with van der Waals surface area (Å²) in [7, 11) is 1.47. The van der Waals surface area contributed by atoms with Crippen molar-refractivity contribution in [3.63, 3.8) is 0 Å². The third-order valence-electron chi connectivity index (χ3n) is 3.48. The summed E-state index contributed by atoms with van der Waals surface area (Å²) in [4.78, 5) is 13.9. The fourth-order valence-corrected chi connectivity index (χ4v) is 2.59. The third kappa shape index (κ3) is 3.78. The molecule has 0 aromatic rings. The van der Waals surface area contributed by atoms with E-state index in [9.17, 15) is 4.79 Å². The molecule has 3 heteroatoms. The van der Waals surface area contributed by atoms with Crippen molar-refractivity contribution in [3.8, 4) is 0 Å². The Labute approximate surface area is 99.1 Å². The van der Waals surface area contributed by atoms with Crippen molar-refractivity contribution in [2.45, 2.75) is 52.0 Å². The molecule has 0 N–H and O–H groups in total. The zero-order valence-corrected chi connectivity index (χ0v) is 10.9. The Morgan fingerprint density at radius 3 is 2.88 bits per heavy atom. The van der Waals surface area contributed by atoms with Gasteiger partial charge in [-0.15, -0.1) is 0 Å². The van der Waals surface area contributed by atoms with Gasteiger partial charge in [0.15, 0.2) is 0 Å². The summed E-state index contributed by atoms with van der Waals surface area (Å²) in [5, 5.41) is 0. The number of hydrogen-bond donors (Lipinski definition) is 0. The fraction of sp³-hybridized carbons (Fsp3) is 0.923. The molecule has 0 radical (unpaired) electrons. The van der Waals surface area contributed by atoms with Gasteiger partial charge in [-0.2, -0.15) is 0 Å². The SMILES string of the molecule is CCCC1CCCCN1CC(C)C(=O)OC. The molecule has 94 valence electrons. The van der Waals surface area contributed by atoms with Gasteiger partial charge >= 0.3 is 5.97 Å². The van der Waals surface area contributed by atoms with Gasteiger partial charge in [-0.25, -0.2) is 0 Å². The number of carbonyl (C=O) groups excluding carboxylic acids is 1. The van der Waals surface area contributed by atoms with Gasteiger partial charge < -0.3 is 4.74 Å². The Morgan fingerprint density at radius 2 is 2.25 bits per heavy atom. The van der Waals surface area contributed by atoms with Crippen molar-refractivity contribution in [3.05, 3.63) is 0 Å². The van der Waals surface area contributed by atoms with Gasteiger partial charge in [0.2, 0.25) is 0 Å². The Kier molecular flexibility index (Phi) is 5.81. The molecule has 0 aromatic carbocycles. The maximum atomic E-state index is 11.4. The van der Waals surface area contributed by atoms with Gasteiger partial charge in [0.25, 0.3) is 0 Å². The summed E-state index contributed by atoms with van der Waals surface area (Å²) in [6.45, 7) is 6.20. The molecule has 1 saturated heterocycles. The molecular weight excluding hydrogens is 202 g/mol. The van der Waals surface area contributed by atoms with Crippen LogP contribution in [-0.2, 0) is 9.53 Å². The normalized spacial score (nSPS) is 24.1. The van der Waals surface area contributed by atoms with E-state index >= 15 is 0 Å². The molecule has 1 fully saturated rings. The maximum Gasteiger partial charge on any atom is 0.309 e. The van der Waals surface area contributed by atoms with Crippen molar-refractivity contribution in [1.29, 1.82) is 0 Å². The molecule has 0 amide bonds. The zero-order valence-electron chi connectivity index (χ0n) is 10.9. The molecular formula is C13H25NO2. The van der Waals surface area contributed by atoms with Gasteiger partial charge in [0.05, 0.1) is 13.0 Å². The lowest BCUT2D eigenvalue weighted by molar-refractivity contribution is -0.145. The van der Waals surface area contributed by atoms with Crippen LogP contribution in [0.2, 0.25) is 0 Å². The van der Waals surface area contributed by atoms with E-state index in [4.69, 9.17) is 4.74 Å². The van der Waals surface area contributed by atoms with Crippen LogP contribution in [0.5, 0.6) is 0 Å². The van der Waals surface area contributed by atoms with Crippen LogP contribution >= 0.6 is 0 Å². The molecule has 2 atom stereocenters. The highest BCUT2D eigenvalue weighted by Gasteiger charge is 2.25. The highest BCUT2D eigenvalue weighted by atomic mass is 16.5. The number of ether oxygens (including phenoxy) is 1. The molecule has 1 rings (SSSR count). The molecule has 1 heterocycles. The number of rotatable bonds is 5. The van der Waals surface area contributed by atoms with Crippen molar-refractivity contribution >= 4 is 5.97 Å². The van der Waals surface area contributed by atoms with E-state index < -0.39 is 0 Å². The van der Waals surface area contributed by atoms with E-state index in [1.165, 1.54) is 39.2 Å². The van der Waals surface area contributed by atoms with E-state index in [1.807, 2.05) is 6.92 Å². The lowest BCUT2D eigenvalue weighted by Crippen LogP contribution is -2.43. The number of nitrogens with zero attached hydrogens (tertiary/aromatic N) is 1. The number of esters is 1. The van der Waals surface area contributed by atoms with Gasteiger partial charge in [-0.3, -0.25) is 9.69 Å². The number of hydrogen-bond acceptors (Lipinski definition) is 3. The second kappa shape index (κ2) is 6.89. The number of methoxy groups -OCH3 is 1. The average Bonchev–Trinajstić information content (AvgIpc) is 2.31. The first-order chi connectivity index (χ1) is 7.69. The summed E-state index contributed by atoms with van der Waals surface area (Å²) in [6, 6.07) is 0.686. The predicted octanol–water partition coefficient (Wildman–Crippen LogP) is 2.45. The van der Waals surface area contributed by atoms with E-state index in [-0.39, 0.29) is 11.9 Å². The number of likely N-dealkylation sites (tertiary alicyclic amines) is 1. The first-order valence-corrected chi connectivity index (χ1v) is 6.51. The minimum Gasteiger partial charge on any atom is -0.469 e. The number of carbonyl (C=O) groups is 1. The lowest BCUT2D eigenvalue weighted by Gasteiger charge is -2.36. The first kappa shape index (κ1) is 13.5. The minimum absolute atomic E-state index is 0.00227. The van der Waals surface area contributed by atoms with Crippen LogP contribution in [0.3, 0.4) is 0 Å². The fourth-order valence-electron chi connectivity index (χ4n) is 2.59. The summed E-state index contributed by atoms with van der Waals surface area (Å²) < 4.78 is 4.78. The molecule has 0 bridgehead atoms. The molecule has 0 spiro atoms. The topological polar surface area (TPSA) is 29.5 Å². The maximum absolute atomic E-state index is 11.4. The Balaban J connectivity index is 2.45. The van der Waals surface area contributed by atoms with Gasteiger partial charge in [-0.05, 0) is 25.8 Å². The van der Waals surface area contributed by atoms with E-state index in [0.29, 0.717) is 6.04 Å². The van der Waals surface area contributed by atoms with Crippen LogP contribution in [0.4, 0.5) is 0 Å². The first-order valence-electron chi connectivity index (χ1n) is 6.51. The summed E-state index contributed by atoms with van der Waals surface area (Å²) in [5.74, 6) is -0.0803. The van der Waals surface area contributed by atoms with Crippen molar-refractivity contribution < 1.29 is 9.53 Å². The van der Waals surface area contributed by atoms with Crippen molar-refractivity contribution in [2.75, 3.05) is 20.2 Å². The molecule has 16 heavy (non-hydrogen) atoms. The highest BCUT2D eigenvalue weighted by Crippen LogP contribution is 2.22. The van der Waals surface area contributed by atoms with Gasteiger partial charge in [-0.1, -0.05) is 26.7 Å². The monoisotopic (exact) mass is 227 g/mol. The second-order valence-electron chi connectivity index (χ2n) is 4.86. The van der Waals surface area contributed by atoms with E-state index in [2.05, 4.69) is 11.8 Å². The van der Waals surface area contributed by atoms with Crippen LogP contribution in [0.25, 0.3) is 0 Å². The molecule has 0 saturated carbocycles. The standard InChI is InChI=1S/C13H25NO2/c1-4-7-12-8-5-6-9-14(12)10-11(2)13(15)16-3/h11-12H,4-10H2,1-3H3.